The monoisotopic (exact) mass is 164 g/mol. The van der Waals surface area contributed by atoms with Crippen molar-refractivity contribution < 1.29 is 0 Å². The van der Waals surface area contributed by atoms with Crippen LogP contribution in [0.25, 0.3) is 0 Å². The van der Waals surface area contributed by atoms with Crippen LogP contribution in [0.15, 0.2) is 23.6 Å². The van der Waals surface area contributed by atoms with Crippen molar-refractivity contribution >= 4 is 28.9 Å². The van der Waals surface area contributed by atoms with E-state index < -0.39 is 6.69 Å². The second-order valence-corrected chi connectivity index (χ2v) is 8.06. The van der Waals surface area contributed by atoms with Gasteiger partial charge in [0, 0.05) is 0 Å². The van der Waals surface area contributed by atoms with Gasteiger partial charge in [-0.05, 0) is 6.42 Å². The highest BCUT2D eigenvalue weighted by atomic mass is 35.7. The Morgan fingerprint density at radius 2 is 1.62 bits per heavy atom. The molecule has 0 amide bonds. The molecule has 0 aromatic carbocycles. The van der Waals surface area contributed by atoms with Gasteiger partial charge in [0.05, 0.1) is 0 Å². The summed E-state index contributed by atoms with van der Waals surface area (Å²) in [5.41, 5.74) is 3.83. The van der Waals surface area contributed by atoms with Crippen molar-refractivity contribution in [1.29, 1.82) is 0 Å². The van der Waals surface area contributed by atoms with Gasteiger partial charge in [0.1, 0.15) is 0 Å². The largest absolute Gasteiger partial charge is 0.296 e. The Morgan fingerprint density at radius 1 is 1.12 bits per heavy atom. The van der Waals surface area contributed by atoms with E-state index in [9.17, 15) is 0 Å². The summed E-state index contributed by atoms with van der Waals surface area (Å²) in [6.07, 6.45) is 4.99. The second-order valence-electron chi connectivity index (χ2n) is 1.71. The molecule has 0 aromatic rings. The lowest BCUT2D eigenvalue weighted by atomic mass is 10.4. The molecular weight excluding hydrogens is 159 g/mol. The third kappa shape index (κ3) is 1.65. The van der Waals surface area contributed by atoms with Crippen LogP contribution >= 0.6 is 22.2 Å². The van der Waals surface area contributed by atoms with Gasteiger partial charge in [-0.3, -0.25) is 0 Å². The predicted octanol–water partition coefficient (Wildman–Crippen LogP) is 2.50. The molecule has 0 bridgehead atoms. The summed E-state index contributed by atoms with van der Waals surface area (Å²) in [6.45, 7) is -2.01. The molecule has 0 radical (unpaired) electrons. The third-order valence-corrected chi connectivity index (χ3v) is 3.82. The Balaban J connectivity index is 2.69. The van der Waals surface area contributed by atoms with Gasteiger partial charge in [0.2, 0.25) is 0 Å². The zero-order chi connectivity index (χ0) is 6.04. The van der Waals surface area contributed by atoms with E-state index in [-0.39, 0.29) is 0 Å². The standard InChI is InChI=1S/C5H6Cl2Si/c6-8(7)4-2-1-3-5-8/h2-5H,1H2. The minimum atomic E-state index is -2.01. The molecule has 44 valence electrons. The fraction of sp³-hybridized carbons (Fsp3) is 0.200. The first-order valence-electron chi connectivity index (χ1n) is 2.44. The zero-order valence-electron chi connectivity index (χ0n) is 4.27. The zero-order valence-corrected chi connectivity index (χ0v) is 6.78. The maximum absolute atomic E-state index is 5.80. The summed E-state index contributed by atoms with van der Waals surface area (Å²) >= 11 is 11.6. The van der Waals surface area contributed by atoms with Gasteiger partial charge in [-0.1, -0.05) is 23.6 Å². The molecule has 0 saturated heterocycles. The maximum Gasteiger partial charge on any atom is 0.296 e. The summed E-state index contributed by atoms with van der Waals surface area (Å²) in [7, 11) is 0. The highest BCUT2D eigenvalue weighted by molar-refractivity contribution is 7.50. The van der Waals surface area contributed by atoms with Crippen LogP contribution in [-0.4, -0.2) is 6.69 Å². The van der Waals surface area contributed by atoms with E-state index in [1.165, 1.54) is 0 Å². The van der Waals surface area contributed by atoms with Crippen molar-refractivity contribution in [3.05, 3.63) is 23.6 Å². The topological polar surface area (TPSA) is 0 Å². The molecule has 0 fully saturated rings. The number of hydrogen-bond donors (Lipinski definition) is 0. The molecule has 0 nitrogen and oxygen atoms in total. The SMILES string of the molecule is Cl[Si]1(Cl)C=CCC=C1. The van der Waals surface area contributed by atoms with Crippen molar-refractivity contribution in [2.75, 3.05) is 0 Å². The van der Waals surface area contributed by atoms with Gasteiger partial charge in [0.25, 0.3) is 6.69 Å². The van der Waals surface area contributed by atoms with Crippen LogP contribution in [0.4, 0.5) is 0 Å². The molecule has 0 aliphatic carbocycles. The molecule has 0 saturated carbocycles. The van der Waals surface area contributed by atoms with Gasteiger partial charge in [-0.2, -0.15) is 0 Å². The van der Waals surface area contributed by atoms with Crippen molar-refractivity contribution in [3.63, 3.8) is 0 Å². The van der Waals surface area contributed by atoms with E-state index in [4.69, 9.17) is 22.2 Å². The number of rotatable bonds is 0. The van der Waals surface area contributed by atoms with E-state index >= 15 is 0 Å². The van der Waals surface area contributed by atoms with Crippen LogP contribution in [0.5, 0.6) is 0 Å². The maximum atomic E-state index is 5.80. The van der Waals surface area contributed by atoms with Crippen LogP contribution in [0, 0.1) is 0 Å². The van der Waals surface area contributed by atoms with E-state index in [2.05, 4.69) is 0 Å². The third-order valence-electron chi connectivity index (χ3n) is 0.952. The van der Waals surface area contributed by atoms with Gasteiger partial charge >= 0.3 is 0 Å². The van der Waals surface area contributed by atoms with Crippen molar-refractivity contribution in [2.24, 2.45) is 0 Å². The minimum absolute atomic E-state index is 0.980. The Kier molecular flexibility index (Phi) is 1.80. The van der Waals surface area contributed by atoms with Gasteiger partial charge in [-0.15, -0.1) is 22.2 Å². The molecule has 1 aliphatic heterocycles. The first kappa shape index (κ1) is 6.40. The number of hydrogen-bond acceptors (Lipinski definition) is 0. The summed E-state index contributed by atoms with van der Waals surface area (Å²) in [5, 5.41) is 0. The molecule has 1 aliphatic rings. The van der Waals surface area contributed by atoms with E-state index in [0.717, 1.165) is 6.42 Å². The molecule has 1 heterocycles. The molecule has 3 heteroatoms. The van der Waals surface area contributed by atoms with Crippen LogP contribution < -0.4 is 0 Å². The van der Waals surface area contributed by atoms with Crippen LogP contribution in [0.1, 0.15) is 6.42 Å². The molecule has 0 atom stereocenters. The first-order chi connectivity index (χ1) is 3.71. The lowest BCUT2D eigenvalue weighted by molar-refractivity contribution is 1.40. The average molecular weight is 165 g/mol. The highest BCUT2D eigenvalue weighted by Crippen LogP contribution is 2.21. The van der Waals surface area contributed by atoms with Crippen molar-refractivity contribution in [1.82, 2.24) is 0 Å². The number of allylic oxidation sites excluding steroid dienone is 2. The lowest BCUT2D eigenvalue weighted by Crippen LogP contribution is -2.13. The second kappa shape index (κ2) is 2.25. The Hall–Kier alpha value is 0.277. The van der Waals surface area contributed by atoms with E-state index in [1.54, 1.807) is 0 Å². The molecule has 0 aromatic heterocycles. The molecule has 0 N–H and O–H groups in total. The summed E-state index contributed by atoms with van der Waals surface area (Å²) in [6, 6.07) is 0. The normalized spacial score (nSPS) is 23.8. The van der Waals surface area contributed by atoms with E-state index in [1.807, 2.05) is 23.6 Å². The van der Waals surface area contributed by atoms with Crippen molar-refractivity contribution in [2.45, 2.75) is 6.42 Å². The Bertz CT molecular complexity index is 123. The fourth-order valence-corrected chi connectivity index (χ4v) is 2.67. The molecular formula is C5H6Cl2Si. The van der Waals surface area contributed by atoms with Gasteiger partial charge < -0.3 is 0 Å². The fourth-order valence-electron chi connectivity index (χ4n) is 0.584. The minimum Gasteiger partial charge on any atom is -0.135 e. The average Bonchev–Trinajstić information content (AvgIpc) is 1.65. The van der Waals surface area contributed by atoms with Crippen LogP contribution in [-0.2, 0) is 0 Å². The molecule has 0 unspecified atom stereocenters. The first-order valence-corrected chi connectivity index (χ1v) is 6.62. The number of halogens is 2. The van der Waals surface area contributed by atoms with Gasteiger partial charge in [-0.25, -0.2) is 0 Å². The molecule has 8 heavy (non-hydrogen) atoms. The smallest absolute Gasteiger partial charge is 0.135 e. The molecule has 0 spiro atoms. The van der Waals surface area contributed by atoms with Crippen LogP contribution in [0.3, 0.4) is 0 Å². The summed E-state index contributed by atoms with van der Waals surface area (Å²) < 4.78 is 0. The Labute approximate surface area is 59.2 Å². The van der Waals surface area contributed by atoms with Gasteiger partial charge in [0.15, 0.2) is 0 Å². The Morgan fingerprint density at radius 3 is 1.88 bits per heavy atom. The lowest BCUT2D eigenvalue weighted by Gasteiger charge is -2.07. The summed E-state index contributed by atoms with van der Waals surface area (Å²) in [5.74, 6) is 0. The quantitative estimate of drug-likeness (QED) is 0.382. The predicted molar refractivity (Wildman–Crippen MR) is 40.4 cm³/mol. The molecule has 1 rings (SSSR count). The highest BCUT2D eigenvalue weighted by Gasteiger charge is 2.20. The van der Waals surface area contributed by atoms with Crippen molar-refractivity contribution in [3.8, 4) is 0 Å². The summed E-state index contributed by atoms with van der Waals surface area (Å²) in [4.78, 5) is 0. The van der Waals surface area contributed by atoms with Crippen LogP contribution in [0.2, 0.25) is 0 Å². The van der Waals surface area contributed by atoms with E-state index in [0.29, 0.717) is 0 Å².